The Morgan fingerprint density at radius 1 is 1.14 bits per heavy atom. The number of halogens is 4. The monoisotopic (exact) mass is 196 g/mol. The van der Waals surface area contributed by atoms with Crippen LogP contribution in [0.3, 0.4) is 0 Å². The summed E-state index contributed by atoms with van der Waals surface area (Å²) in [7, 11) is 0. The lowest BCUT2D eigenvalue weighted by molar-refractivity contribution is 1.47. The summed E-state index contributed by atoms with van der Waals surface area (Å²) < 4.78 is 0. The maximum atomic E-state index is 5.42. The highest BCUT2D eigenvalue weighted by atomic mass is 35.8. The molecule has 0 N–H and O–H groups in total. The smallest absolute Gasteiger partial charge is 0.127 e. The Kier molecular flexibility index (Phi) is 4.08. The Balaban J connectivity index is 3.15. The van der Waals surface area contributed by atoms with Crippen molar-refractivity contribution in [1.29, 1.82) is 0 Å². The minimum Gasteiger partial charge on any atom is -0.127 e. The maximum absolute atomic E-state index is 5.42. The van der Waals surface area contributed by atoms with Crippen LogP contribution in [0.5, 0.6) is 0 Å². The summed E-state index contributed by atoms with van der Waals surface area (Å²) in [4.78, 5) is 0. The van der Waals surface area contributed by atoms with Gasteiger partial charge in [-0.2, -0.15) is 0 Å². The van der Waals surface area contributed by atoms with Gasteiger partial charge in [-0.1, -0.05) is 0 Å². The summed E-state index contributed by atoms with van der Waals surface area (Å²) in [6.45, 7) is 0. The largest absolute Gasteiger partial charge is 0.342 e. The highest BCUT2D eigenvalue weighted by molar-refractivity contribution is 7.64. The topological polar surface area (TPSA) is 0 Å². The van der Waals surface area contributed by atoms with Gasteiger partial charge in [0.15, 0.2) is 0 Å². The number of alkyl halides is 1. The van der Waals surface area contributed by atoms with E-state index < -0.39 is 6.00 Å². The third-order valence-corrected chi connectivity index (χ3v) is 3.40. The maximum Gasteiger partial charge on any atom is 0.342 e. The van der Waals surface area contributed by atoms with E-state index in [-0.39, 0.29) is 0 Å². The van der Waals surface area contributed by atoms with Crippen LogP contribution in [0.1, 0.15) is 0 Å². The molecule has 0 aliphatic rings. The van der Waals surface area contributed by atoms with E-state index in [1.54, 1.807) is 0 Å². The molecule has 0 bridgehead atoms. The second-order valence-electron chi connectivity index (χ2n) is 1.05. The molecular weight excluding hydrogens is 194 g/mol. The minimum atomic E-state index is -2.37. The van der Waals surface area contributed by atoms with Crippen LogP contribution < -0.4 is 0 Å². The van der Waals surface area contributed by atoms with Crippen molar-refractivity contribution in [1.82, 2.24) is 0 Å². The van der Waals surface area contributed by atoms with Crippen LogP contribution in [0.4, 0.5) is 0 Å². The predicted octanol–water partition coefficient (Wildman–Crippen LogP) is 2.88. The van der Waals surface area contributed by atoms with E-state index in [0.717, 1.165) is 0 Å². The summed E-state index contributed by atoms with van der Waals surface area (Å²) in [6, 6.07) is -1.83. The van der Waals surface area contributed by atoms with Crippen molar-refractivity contribution in [2.75, 3.05) is 5.88 Å². The lowest BCUT2D eigenvalue weighted by Gasteiger charge is -2.00. The Hall–Kier alpha value is 1.38. The summed E-state index contributed by atoms with van der Waals surface area (Å²) in [5.41, 5.74) is 0. The van der Waals surface area contributed by atoms with E-state index in [4.69, 9.17) is 44.8 Å². The van der Waals surface area contributed by atoms with Crippen LogP contribution in [0.15, 0.2) is 0 Å². The lowest BCUT2D eigenvalue weighted by atomic mass is 11.0. The molecule has 0 atom stereocenters. The second kappa shape index (κ2) is 3.41. The molecule has 0 rings (SSSR count). The van der Waals surface area contributed by atoms with E-state index in [2.05, 4.69) is 0 Å². The van der Waals surface area contributed by atoms with Crippen LogP contribution in [0.25, 0.3) is 0 Å². The molecular formula is C2H4Cl4Si. The van der Waals surface area contributed by atoms with Gasteiger partial charge in [-0.3, -0.25) is 0 Å². The van der Waals surface area contributed by atoms with Crippen molar-refractivity contribution < 1.29 is 0 Å². The summed E-state index contributed by atoms with van der Waals surface area (Å²) >= 11 is 21.5. The quantitative estimate of drug-likeness (QED) is 0.363. The van der Waals surface area contributed by atoms with E-state index in [1.165, 1.54) is 0 Å². The molecule has 0 heterocycles. The molecule has 44 valence electrons. The van der Waals surface area contributed by atoms with Crippen molar-refractivity contribution in [3.8, 4) is 0 Å². The first-order valence-electron chi connectivity index (χ1n) is 1.69. The highest BCUT2D eigenvalue weighted by Gasteiger charge is 2.22. The molecule has 0 fully saturated rings. The zero-order chi connectivity index (χ0) is 5.91. The SMILES string of the molecule is ClCC[Si](Cl)(Cl)Cl. The van der Waals surface area contributed by atoms with Crippen molar-refractivity contribution in [2.45, 2.75) is 6.04 Å². The first kappa shape index (κ1) is 8.38. The molecule has 5 heteroatoms. The van der Waals surface area contributed by atoms with Gasteiger partial charge in [0.2, 0.25) is 0 Å². The van der Waals surface area contributed by atoms with Gasteiger partial charge in [0, 0.05) is 5.88 Å². The van der Waals surface area contributed by atoms with Gasteiger partial charge in [0.05, 0.1) is 0 Å². The van der Waals surface area contributed by atoms with Gasteiger partial charge in [0.25, 0.3) is 0 Å². The third-order valence-electron chi connectivity index (χ3n) is 0.378. The lowest BCUT2D eigenvalue weighted by Crippen LogP contribution is -2.08. The van der Waals surface area contributed by atoms with E-state index in [1.807, 2.05) is 0 Å². The van der Waals surface area contributed by atoms with Crippen LogP contribution in [0, 0.1) is 0 Å². The standard InChI is InChI=1S/C2H4Cl4Si/c3-1-2-7(4,5)6/h1-2H2. The van der Waals surface area contributed by atoms with Gasteiger partial charge < -0.3 is 0 Å². The molecule has 0 aromatic carbocycles. The normalized spacial score (nSPS) is 12.0. The van der Waals surface area contributed by atoms with E-state index >= 15 is 0 Å². The van der Waals surface area contributed by atoms with E-state index in [0.29, 0.717) is 11.9 Å². The average molecular weight is 198 g/mol. The van der Waals surface area contributed by atoms with Gasteiger partial charge in [0.1, 0.15) is 0 Å². The third kappa shape index (κ3) is 7.38. The molecule has 0 unspecified atom stereocenters. The Bertz CT molecular complexity index is 48.1. The molecule has 0 radical (unpaired) electrons. The molecule has 0 aliphatic carbocycles. The predicted molar refractivity (Wildman–Crippen MR) is 38.8 cm³/mol. The van der Waals surface area contributed by atoms with Crippen molar-refractivity contribution >= 4 is 50.8 Å². The molecule has 0 aromatic rings. The van der Waals surface area contributed by atoms with Gasteiger partial charge in [-0.15, -0.1) is 44.8 Å². The molecule has 0 saturated carbocycles. The van der Waals surface area contributed by atoms with Crippen LogP contribution >= 0.6 is 44.8 Å². The van der Waals surface area contributed by atoms with Crippen molar-refractivity contribution in [3.63, 3.8) is 0 Å². The van der Waals surface area contributed by atoms with Crippen molar-refractivity contribution in [3.05, 3.63) is 0 Å². The van der Waals surface area contributed by atoms with Crippen LogP contribution in [0.2, 0.25) is 6.04 Å². The molecule has 0 spiro atoms. The van der Waals surface area contributed by atoms with Crippen LogP contribution in [-0.4, -0.2) is 11.9 Å². The number of hydrogen-bond donors (Lipinski definition) is 0. The highest BCUT2D eigenvalue weighted by Crippen LogP contribution is 2.24. The molecule has 7 heavy (non-hydrogen) atoms. The first-order valence-corrected chi connectivity index (χ1v) is 7.46. The van der Waals surface area contributed by atoms with Gasteiger partial charge in [-0.25, -0.2) is 0 Å². The Morgan fingerprint density at radius 3 is 1.57 bits per heavy atom. The molecule has 0 aliphatic heterocycles. The number of rotatable bonds is 2. The first-order chi connectivity index (χ1) is 3.06. The van der Waals surface area contributed by atoms with Crippen molar-refractivity contribution in [2.24, 2.45) is 0 Å². The molecule has 0 aromatic heterocycles. The van der Waals surface area contributed by atoms with E-state index in [9.17, 15) is 0 Å². The zero-order valence-electron chi connectivity index (χ0n) is 3.43. The fraction of sp³-hybridized carbons (Fsp3) is 1.00. The van der Waals surface area contributed by atoms with Gasteiger partial charge >= 0.3 is 6.00 Å². The number of hydrogen-bond acceptors (Lipinski definition) is 0. The average Bonchev–Trinajstić information content (AvgIpc) is 1.30. The Morgan fingerprint density at radius 2 is 1.57 bits per heavy atom. The molecule has 0 nitrogen and oxygen atoms in total. The molecule has 0 saturated heterocycles. The van der Waals surface area contributed by atoms with Crippen LogP contribution in [-0.2, 0) is 0 Å². The fourth-order valence-electron chi connectivity index (χ4n) is 0.107. The molecule has 0 amide bonds. The summed E-state index contributed by atoms with van der Waals surface area (Å²) in [5.74, 6) is 0.447. The van der Waals surface area contributed by atoms with Gasteiger partial charge in [-0.05, 0) is 6.04 Å². The zero-order valence-corrected chi connectivity index (χ0v) is 7.45. The second-order valence-corrected chi connectivity index (χ2v) is 10.7. The minimum absolute atomic E-state index is 0.447. The summed E-state index contributed by atoms with van der Waals surface area (Å²) in [6.07, 6.45) is 0. The fourth-order valence-corrected chi connectivity index (χ4v) is 2.89. The Labute approximate surface area is 62.8 Å². The summed E-state index contributed by atoms with van der Waals surface area (Å²) in [5, 5.41) is 0.